The minimum Gasteiger partial charge on any atom is -0.434 e. The third-order valence-electron chi connectivity index (χ3n) is 9.39. The van der Waals surface area contributed by atoms with Crippen LogP contribution in [0.5, 0.6) is 0 Å². The van der Waals surface area contributed by atoms with Crippen molar-refractivity contribution < 1.29 is 38.2 Å². The molecule has 306 valence electrons. The van der Waals surface area contributed by atoms with Crippen molar-refractivity contribution in [2.24, 2.45) is 5.16 Å². The second-order valence-electron chi connectivity index (χ2n) is 13.4. The Morgan fingerprint density at radius 2 is 1.60 bits per heavy atom. The van der Waals surface area contributed by atoms with Crippen LogP contribution >= 0.6 is 23.1 Å². The highest BCUT2D eigenvalue weighted by Gasteiger charge is 2.55. The van der Waals surface area contributed by atoms with Gasteiger partial charge in [0.05, 0.1) is 6.61 Å². The van der Waals surface area contributed by atoms with E-state index in [1.807, 2.05) is 104 Å². The van der Waals surface area contributed by atoms with Gasteiger partial charge in [0.25, 0.3) is 11.8 Å². The number of amides is 2. The molecule has 7 rings (SSSR count). The maximum atomic E-state index is 14.4. The number of ether oxygens (including phenoxy) is 3. The highest BCUT2D eigenvalue weighted by Crippen LogP contribution is 2.43. The molecule has 5 aromatic rings. The van der Waals surface area contributed by atoms with Crippen LogP contribution < -0.4 is 11.1 Å². The molecule has 0 spiro atoms. The lowest BCUT2D eigenvalue weighted by Gasteiger charge is -2.49. The molecule has 60 heavy (non-hydrogen) atoms. The molecule has 2 aromatic heterocycles. The minimum atomic E-state index is -1.34. The van der Waals surface area contributed by atoms with E-state index in [0.717, 1.165) is 33.6 Å². The summed E-state index contributed by atoms with van der Waals surface area (Å²) in [5, 5.41) is 8.42. The maximum Gasteiger partial charge on any atom is 0.511 e. The normalized spacial score (nSPS) is 17.0. The number of oxime groups is 1. The fraction of sp³-hybridized carbons (Fsp3) is 0.205. The van der Waals surface area contributed by atoms with Crippen LogP contribution in [0.3, 0.4) is 0 Å². The highest BCUT2D eigenvalue weighted by molar-refractivity contribution is 8.00. The van der Waals surface area contributed by atoms with Crippen molar-refractivity contribution in [3.63, 3.8) is 0 Å². The zero-order valence-electron chi connectivity index (χ0n) is 32.5. The molecule has 0 saturated carbocycles. The van der Waals surface area contributed by atoms with Crippen molar-refractivity contribution in [2.45, 2.75) is 43.6 Å². The first-order valence-electron chi connectivity index (χ1n) is 18.9. The zero-order chi connectivity index (χ0) is 42.1. The van der Waals surface area contributed by atoms with E-state index in [1.165, 1.54) is 23.6 Å². The van der Waals surface area contributed by atoms with Crippen LogP contribution in [0.1, 0.15) is 48.2 Å². The number of thioether (sulfide) groups is 1. The Labute approximate surface area is 354 Å². The Morgan fingerprint density at radius 3 is 2.17 bits per heavy atom. The molecule has 3 atom stereocenters. The zero-order valence-corrected chi connectivity index (χ0v) is 34.1. The molecule has 14 nitrogen and oxygen atoms in total. The van der Waals surface area contributed by atoms with Crippen LogP contribution in [0.2, 0.25) is 0 Å². The summed E-state index contributed by atoms with van der Waals surface area (Å²) in [5.74, 6) is -1.99. The van der Waals surface area contributed by atoms with Gasteiger partial charge in [0.2, 0.25) is 11.9 Å². The van der Waals surface area contributed by atoms with Crippen LogP contribution in [0.4, 0.5) is 9.93 Å². The van der Waals surface area contributed by atoms with Crippen molar-refractivity contribution in [1.82, 2.24) is 20.2 Å². The summed E-state index contributed by atoms with van der Waals surface area (Å²) in [6, 6.07) is 31.0. The number of anilines is 1. The fourth-order valence-corrected chi connectivity index (χ4v) is 8.48. The number of aromatic nitrogens is 2. The van der Waals surface area contributed by atoms with Crippen molar-refractivity contribution >= 4 is 64.0 Å². The SMILES string of the molecule is CCCOC(=O)OC(C)OC(=O)C1=C(/C=C\c2cccnc2)CS[C@H]2[C@H](NC(=O)C(=NOC(c3ccccc3)(c3ccccc3)c3ccccc3)c3csc(N)n3)C(=O)N12. The monoisotopic (exact) mass is 844 g/mol. The first-order valence-corrected chi connectivity index (χ1v) is 20.9. The van der Waals surface area contributed by atoms with Crippen LogP contribution in [0.25, 0.3) is 6.08 Å². The number of hydrogen-bond donors (Lipinski definition) is 2. The third kappa shape index (κ3) is 8.94. The average molecular weight is 845 g/mol. The number of pyridine rings is 1. The lowest BCUT2D eigenvalue weighted by Crippen LogP contribution is -2.71. The number of hydrogen-bond acceptors (Lipinski definition) is 14. The second kappa shape index (κ2) is 18.9. The van der Waals surface area contributed by atoms with Gasteiger partial charge < -0.3 is 30.1 Å². The third-order valence-corrected chi connectivity index (χ3v) is 11.4. The molecule has 2 aliphatic heterocycles. The largest absolute Gasteiger partial charge is 0.511 e. The minimum absolute atomic E-state index is 0.0605. The quantitative estimate of drug-likeness (QED) is 0.0286. The molecule has 2 amide bonds. The molecule has 4 heterocycles. The van der Waals surface area contributed by atoms with Crippen LogP contribution in [-0.2, 0) is 39.0 Å². The number of nitrogens with zero attached hydrogens (tertiary/aromatic N) is 4. The summed E-state index contributed by atoms with van der Waals surface area (Å²) in [5.41, 5.74) is 8.01. The number of nitrogens with two attached hydrogens (primary N) is 1. The van der Waals surface area contributed by atoms with E-state index in [2.05, 4.69) is 20.4 Å². The van der Waals surface area contributed by atoms with Crippen LogP contribution in [0, 0.1) is 0 Å². The van der Waals surface area contributed by atoms with Gasteiger partial charge in [0, 0.05) is 47.1 Å². The van der Waals surface area contributed by atoms with Crippen molar-refractivity contribution in [2.75, 3.05) is 18.1 Å². The van der Waals surface area contributed by atoms with E-state index in [0.29, 0.717) is 12.0 Å². The Bertz CT molecular complexity index is 2320. The molecular weight excluding hydrogens is 805 g/mol. The number of nitrogen functional groups attached to an aromatic ring is 1. The van der Waals surface area contributed by atoms with E-state index in [4.69, 9.17) is 24.8 Å². The molecular formula is C44H40N6O8S2. The number of rotatable bonds is 15. The van der Waals surface area contributed by atoms with Crippen molar-refractivity contribution in [1.29, 1.82) is 0 Å². The Kier molecular flexibility index (Phi) is 13.0. The van der Waals surface area contributed by atoms with E-state index >= 15 is 0 Å². The predicted molar refractivity (Wildman–Crippen MR) is 227 cm³/mol. The number of carbonyl (C=O) groups is 4. The molecule has 2 aliphatic rings. The maximum absolute atomic E-state index is 14.4. The molecule has 0 aliphatic carbocycles. The van der Waals surface area contributed by atoms with E-state index < -0.39 is 47.2 Å². The molecule has 16 heteroatoms. The number of fused-ring (bicyclic) bond motifs is 1. The van der Waals surface area contributed by atoms with Crippen molar-refractivity contribution in [3.8, 4) is 0 Å². The molecule has 1 unspecified atom stereocenters. The van der Waals surface area contributed by atoms with Gasteiger partial charge in [-0.3, -0.25) is 19.5 Å². The number of allylic oxidation sites excluding steroid dienone is 1. The number of β-lactam (4-membered cyclic amide) rings is 1. The number of benzene rings is 3. The average Bonchev–Trinajstić information content (AvgIpc) is 3.71. The summed E-state index contributed by atoms with van der Waals surface area (Å²) in [4.78, 5) is 70.8. The van der Waals surface area contributed by atoms with Gasteiger partial charge in [-0.15, -0.1) is 23.1 Å². The van der Waals surface area contributed by atoms with Crippen molar-refractivity contribution in [3.05, 3.63) is 166 Å². The summed E-state index contributed by atoms with van der Waals surface area (Å²) in [7, 11) is 0. The number of carbonyl (C=O) groups excluding carboxylic acids is 4. The Balaban J connectivity index is 1.20. The van der Waals surface area contributed by atoms with Crippen LogP contribution in [-0.4, -0.2) is 74.6 Å². The smallest absolute Gasteiger partial charge is 0.434 e. The van der Waals surface area contributed by atoms with Gasteiger partial charge in [-0.25, -0.2) is 14.6 Å². The Morgan fingerprint density at radius 1 is 0.950 bits per heavy atom. The van der Waals surface area contributed by atoms with Gasteiger partial charge in [0.15, 0.2) is 10.8 Å². The first-order chi connectivity index (χ1) is 29.2. The molecule has 3 aromatic carbocycles. The lowest BCUT2D eigenvalue weighted by atomic mass is 9.80. The lowest BCUT2D eigenvalue weighted by molar-refractivity contribution is -0.169. The number of thiazole rings is 1. The predicted octanol–water partition coefficient (Wildman–Crippen LogP) is 6.65. The fourth-order valence-electron chi connectivity index (χ4n) is 6.62. The van der Waals surface area contributed by atoms with Gasteiger partial charge in [-0.2, -0.15) is 0 Å². The van der Waals surface area contributed by atoms with E-state index in [9.17, 15) is 19.2 Å². The van der Waals surface area contributed by atoms with Gasteiger partial charge in [-0.1, -0.05) is 121 Å². The molecule has 0 bridgehead atoms. The summed E-state index contributed by atoms with van der Waals surface area (Å²) < 4.78 is 15.6. The standard InChI is InChI=1S/C44H40N6O8S2/c1-3-24-55-43(54)57-28(2)56-41(53)37-30(22-21-29-14-13-23-46-25-29)26-59-40-36(39(52)50(37)40)48-38(51)35(34-27-60-42(45)47-34)49-58-44(31-15-7-4-8-16-31,32-17-9-5-10-18-32)33-19-11-6-12-20-33/h4-23,25,27-28,36,40H,3,24,26H2,1-2H3,(H2,45,47)(H,48,51)/b22-21-,49-35?/t28?,36-,40+/m1/s1. The molecule has 1 fully saturated rings. The summed E-state index contributed by atoms with van der Waals surface area (Å²) in [6.07, 6.45) is 4.98. The summed E-state index contributed by atoms with van der Waals surface area (Å²) >= 11 is 2.45. The van der Waals surface area contributed by atoms with E-state index in [1.54, 1.807) is 36.0 Å². The molecule has 3 N–H and O–H groups in total. The van der Waals surface area contributed by atoms with Gasteiger partial charge in [-0.05, 0) is 23.6 Å². The van der Waals surface area contributed by atoms with Gasteiger partial charge in [0.1, 0.15) is 22.8 Å². The highest BCUT2D eigenvalue weighted by atomic mass is 32.2. The van der Waals surface area contributed by atoms with Gasteiger partial charge >= 0.3 is 12.1 Å². The molecule has 1 saturated heterocycles. The molecule has 0 radical (unpaired) electrons. The Hall–Kier alpha value is -6.78. The number of nitrogens with one attached hydrogen (secondary N) is 1. The number of esters is 1. The topological polar surface area (TPSA) is 185 Å². The first kappa shape index (κ1) is 41.4. The second-order valence-corrected chi connectivity index (χ2v) is 15.4. The van der Waals surface area contributed by atoms with Crippen LogP contribution in [0.15, 0.2) is 143 Å². The van der Waals surface area contributed by atoms with E-state index in [-0.39, 0.29) is 34.6 Å². The summed E-state index contributed by atoms with van der Waals surface area (Å²) in [6.45, 7) is 3.32.